The van der Waals surface area contributed by atoms with Crippen molar-refractivity contribution in [3.63, 3.8) is 0 Å². The van der Waals surface area contributed by atoms with E-state index in [1.165, 1.54) is 75.4 Å². The third-order valence-corrected chi connectivity index (χ3v) is 10.2. The summed E-state index contributed by atoms with van der Waals surface area (Å²) >= 11 is 1.88. The van der Waals surface area contributed by atoms with Crippen LogP contribution in [0.25, 0.3) is 53.6 Å². The van der Waals surface area contributed by atoms with Crippen LogP contribution in [0.3, 0.4) is 0 Å². The molecule has 7 aromatic rings. The van der Waals surface area contributed by atoms with Gasteiger partial charge in [0.2, 0.25) is 0 Å². The lowest BCUT2D eigenvalue weighted by Gasteiger charge is -2.32. The molecular formula is C37H25N3S. The molecule has 3 nitrogen and oxygen atoms in total. The molecule has 0 aliphatic heterocycles. The highest BCUT2D eigenvalue weighted by atomic mass is 32.1. The van der Waals surface area contributed by atoms with Crippen LogP contribution >= 0.6 is 11.3 Å². The number of hydrazine groups is 2. The summed E-state index contributed by atoms with van der Waals surface area (Å²) in [5, 5.41) is 3.88. The standard InChI is InChI=1S/C37H25N3S/c38-40(39)23-10-7-9-22(21-23)24-14-8-15-26-25-11-1-4-16-29(25)37(36(24)26)30-17-5-2-12-27(30)34-31(37)19-20-33-35(34)28-13-3-6-18-32(28)41-33/h1-21H,38-39H2. The maximum absolute atomic E-state index is 5.98. The van der Waals surface area contributed by atoms with Crippen molar-refractivity contribution in [2.45, 2.75) is 5.41 Å². The summed E-state index contributed by atoms with van der Waals surface area (Å²) in [6, 6.07) is 46.5. The van der Waals surface area contributed by atoms with Gasteiger partial charge in [-0.15, -0.1) is 11.3 Å². The van der Waals surface area contributed by atoms with Crippen LogP contribution in [0.5, 0.6) is 0 Å². The maximum Gasteiger partial charge on any atom is 0.0731 e. The molecule has 9 rings (SSSR count). The number of rotatable bonds is 2. The van der Waals surface area contributed by atoms with Crippen molar-refractivity contribution in [1.29, 1.82) is 0 Å². The fourth-order valence-electron chi connectivity index (χ4n) is 7.58. The SMILES string of the molecule is NN(N)c1cccc(-c2cccc3c2C2(c4ccccc4-3)c3ccccc3-c3c2ccc2sc4ccccc4c32)c1. The molecule has 41 heavy (non-hydrogen) atoms. The number of fused-ring (bicyclic) bond motifs is 14. The number of thiophene rings is 1. The maximum atomic E-state index is 5.98. The number of anilines is 1. The topological polar surface area (TPSA) is 55.3 Å². The zero-order chi connectivity index (χ0) is 27.3. The summed E-state index contributed by atoms with van der Waals surface area (Å²) < 4.78 is 2.66. The summed E-state index contributed by atoms with van der Waals surface area (Å²) in [5.74, 6) is 12.0. The fourth-order valence-corrected chi connectivity index (χ4v) is 8.69. The molecule has 0 saturated carbocycles. The molecule has 0 fully saturated rings. The van der Waals surface area contributed by atoms with E-state index in [2.05, 4.69) is 115 Å². The highest BCUT2D eigenvalue weighted by Crippen LogP contribution is 2.65. The second kappa shape index (κ2) is 8.15. The predicted octanol–water partition coefficient (Wildman–Crippen LogP) is 8.62. The summed E-state index contributed by atoms with van der Waals surface area (Å²) in [7, 11) is 0. The fraction of sp³-hybridized carbons (Fsp3) is 0.0270. The monoisotopic (exact) mass is 543 g/mol. The Kier molecular flexibility index (Phi) is 4.57. The van der Waals surface area contributed by atoms with E-state index in [9.17, 15) is 0 Å². The number of hydrogen-bond donors (Lipinski definition) is 2. The molecule has 0 amide bonds. The van der Waals surface area contributed by atoms with Crippen LogP contribution in [0, 0.1) is 0 Å². The highest BCUT2D eigenvalue weighted by Gasteiger charge is 2.53. The first-order valence-corrected chi connectivity index (χ1v) is 14.7. The van der Waals surface area contributed by atoms with Crippen molar-refractivity contribution in [2.24, 2.45) is 11.7 Å². The van der Waals surface area contributed by atoms with Gasteiger partial charge in [-0.05, 0) is 79.9 Å². The number of benzene rings is 6. The van der Waals surface area contributed by atoms with Gasteiger partial charge in [0.1, 0.15) is 0 Å². The quantitative estimate of drug-likeness (QED) is 0.169. The van der Waals surface area contributed by atoms with Gasteiger partial charge in [-0.25, -0.2) is 16.8 Å². The molecule has 194 valence electrons. The van der Waals surface area contributed by atoms with E-state index in [0.29, 0.717) is 0 Å². The first-order chi connectivity index (χ1) is 20.2. The molecule has 0 bridgehead atoms. The van der Waals surface area contributed by atoms with Gasteiger partial charge in [-0.2, -0.15) is 0 Å². The average Bonchev–Trinajstić information content (AvgIpc) is 3.65. The average molecular weight is 544 g/mol. The van der Waals surface area contributed by atoms with Gasteiger partial charge >= 0.3 is 0 Å². The number of nitrogens with two attached hydrogens (primary N) is 2. The highest BCUT2D eigenvalue weighted by molar-refractivity contribution is 7.26. The lowest BCUT2D eigenvalue weighted by molar-refractivity contribution is 0.796. The van der Waals surface area contributed by atoms with Crippen LogP contribution in [0.2, 0.25) is 0 Å². The second-order valence-electron chi connectivity index (χ2n) is 11.0. The molecule has 2 aliphatic rings. The molecule has 0 saturated heterocycles. The molecule has 1 heterocycles. The minimum absolute atomic E-state index is 0.452. The first-order valence-electron chi connectivity index (χ1n) is 13.9. The van der Waals surface area contributed by atoms with E-state index in [0.717, 1.165) is 11.3 Å². The van der Waals surface area contributed by atoms with Gasteiger partial charge < -0.3 is 0 Å². The van der Waals surface area contributed by atoms with Crippen molar-refractivity contribution in [1.82, 2.24) is 0 Å². The van der Waals surface area contributed by atoms with Crippen molar-refractivity contribution < 1.29 is 0 Å². The number of nitrogens with zero attached hydrogens (tertiary/aromatic N) is 1. The van der Waals surface area contributed by atoms with E-state index in [-0.39, 0.29) is 0 Å². The molecule has 1 aromatic heterocycles. The van der Waals surface area contributed by atoms with Crippen molar-refractivity contribution in [3.05, 3.63) is 150 Å². The van der Waals surface area contributed by atoms with Gasteiger partial charge in [0, 0.05) is 20.2 Å². The largest absolute Gasteiger partial charge is 0.247 e. The van der Waals surface area contributed by atoms with Gasteiger partial charge in [-0.1, -0.05) is 103 Å². The van der Waals surface area contributed by atoms with Crippen LogP contribution in [-0.2, 0) is 5.41 Å². The molecule has 6 aromatic carbocycles. The lowest BCUT2D eigenvalue weighted by atomic mass is 9.68. The van der Waals surface area contributed by atoms with Crippen molar-refractivity contribution in [2.75, 3.05) is 5.12 Å². The van der Waals surface area contributed by atoms with Gasteiger partial charge in [0.25, 0.3) is 0 Å². The molecule has 1 atom stereocenters. The predicted molar refractivity (Wildman–Crippen MR) is 172 cm³/mol. The Morgan fingerprint density at radius 2 is 1.22 bits per heavy atom. The van der Waals surface area contributed by atoms with E-state index < -0.39 is 5.41 Å². The van der Waals surface area contributed by atoms with Crippen molar-refractivity contribution >= 4 is 37.2 Å². The second-order valence-corrected chi connectivity index (χ2v) is 12.1. The molecule has 2 aliphatic carbocycles. The van der Waals surface area contributed by atoms with Crippen LogP contribution in [0.1, 0.15) is 22.3 Å². The zero-order valence-corrected chi connectivity index (χ0v) is 23.0. The Morgan fingerprint density at radius 3 is 2.07 bits per heavy atom. The minimum atomic E-state index is -0.452. The van der Waals surface area contributed by atoms with Gasteiger partial charge in [0.15, 0.2) is 0 Å². The minimum Gasteiger partial charge on any atom is -0.247 e. The van der Waals surface area contributed by atoms with Crippen LogP contribution in [-0.4, -0.2) is 0 Å². The summed E-state index contributed by atoms with van der Waals surface area (Å²) in [6.45, 7) is 0. The van der Waals surface area contributed by atoms with Crippen LogP contribution in [0.4, 0.5) is 5.69 Å². The molecule has 4 N–H and O–H groups in total. The number of hydrogen-bond acceptors (Lipinski definition) is 4. The Balaban J connectivity index is 1.48. The molecule has 0 radical (unpaired) electrons. The van der Waals surface area contributed by atoms with E-state index in [1.807, 2.05) is 23.5 Å². The zero-order valence-electron chi connectivity index (χ0n) is 22.1. The molecule has 1 spiro atoms. The third-order valence-electron chi connectivity index (χ3n) is 9.06. The third kappa shape index (κ3) is 2.84. The first kappa shape index (κ1) is 23.0. The summed E-state index contributed by atoms with van der Waals surface area (Å²) in [6.07, 6.45) is 0. The lowest BCUT2D eigenvalue weighted by Crippen LogP contribution is -2.37. The van der Waals surface area contributed by atoms with E-state index in [4.69, 9.17) is 11.7 Å². The summed E-state index contributed by atoms with van der Waals surface area (Å²) in [4.78, 5) is 0. The molecule has 1 unspecified atom stereocenters. The van der Waals surface area contributed by atoms with E-state index >= 15 is 0 Å². The van der Waals surface area contributed by atoms with Gasteiger partial charge in [-0.3, -0.25) is 0 Å². The Hall–Kier alpha value is -4.74. The Bertz CT molecular complexity index is 2210. The van der Waals surface area contributed by atoms with Gasteiger partial charge in [0.05, 0.1) is 11.1 Å². The Labute approximate surface area is 241 Å². The molecular weight excluding hydrogens is 518 g/mol. The Morgan fingerprint density at radius 1 is 0.537 bits per heavy atom. The van der Waals surface area contributed by atoms with Crippen LogP contribution in [0.15, 0.2) is 127 Å². The smallest absolute Gasteiger partial charge is 0.0731 e. The van der Waals surface area contributed by atoms with Crippen LogP contribution < -0.4 is 16.8 Å². The summed E-state index contributed by atoms with van der Waals surface area (Å²) in [5.41, 5.74) is 13.2. The van der Waals surface area contributed by atoms with Crippen molar-refractivity contribution in [3.8, 4) is 33.4 Å². The van der Waals surface area contributed by atoms with E-state index in [1.54, 1.807) is 0 Å². The normalized spacial score (nSPS) is 16.1. The molecule has 4 heteroatoms.